The zero-order valence-corrected chi connectivity index (χ0v) is 35.6. The number of aromatic nitrogens is 1. The third-order valence-electron chi connectivity index (χ3n) is 11.1. The number of carbonyl (C=O) groups excluding carboxylic acids is 4. The molecule has 15 heteroatoms. The Morgan fingerprint density at radius 3 is 2.29 bits per heavy atom. The third kappa shape index (κ3) is 9.09. The Bertz CT molecular complexity index is 2260. The maximum atomic E-state index is 14.7. The van der Waals surface area contributed by atoms with E-state index in [1.165, 1.54) is 17.1 Å². The van der Waals surface area contributed by atoms with Crippen molar-refractivity contribution in [2.45, 2.75) is 108 Å². The highest BCUT2D eigenvalue weighted by Gasteiger charge is 2.63. The molecule has 14 nitrogen and oxygen atoms in total. The number of nitrogens with zero attached hydrogens (tertiary/aromatic N) is 2. The molecule has 1 aliphatic heterocycles. The number of nitrogens with one attached hydrogen (secondary N) is 3. The number of hydrogen-bond acceptors (Lipinski definition) is 10. The third-order valence-corrected chi connectivity index (χ3v) is 13.3. The van der Waals surface area contributed by atoms with Crippen LogP contribution < -0.4 is 24.8 Å². The van der Waals surface area contributed by atoms with Crippen LogP contribution in [0.2, 0.25) is 0 Å². The van der Waals surface area contributed by atoms with Crippen molar-refractivity contribution in [3.05, 3.63) is 79.9 Å². The van der Waals surface area contributed by atoms with E-state index in [2.05, 4.69) is 28.5 Å². The summed E-state index contributed by atoms with van der Waals surface area (Å²) in [5.74, 6) is -1.65. The molecule has 3 aromatic rings. The molecule has 2 aliphatic carbocycles. The van der Waals surface area contributed by atoms with Gasteiger partial charge in [-0.25, -0.2) is 18.2 Å². The lowest BCUT2D eigenvalue weighted by Gasteiger charge is -2.36. The van der Waals surface area contributed by atoms with Gasteiger partial charge in [-0.05, 0) is 64.0 Å². The quantitative estimate of drug-likeness (QED) is 0.168. The van der Waals surface area contributed by atoms with Crippen molar-refractivity contribution in [2.24, 2.45) is 11.3 Å². The molecule has 1 unspecified atom stereocenters. The van der Waals surface area contributed by atoms with Crippen LogP contribution in [0.15, 0.2) is 79.9 Å². The average molecular weight is 830 g/mol. The van der Waals surface area contributed by atoms with E-state index in [9.17, 15) is 27.6 Å². The molecule has 4 amide bonds. The molecule has 3 aliphatic rings. The van der Waals surface area contributed by atoms with Gasteiger partial charge in [-0.3, -0.25) is 19.1 Å². The van der Waals surface area contributed by atoms with Gasteiger partial charge in [0, 0.05) is 35.4 Å². The SMILES string of the molecule is C=CCC1(S(=O)(=O)NC(=O)[C@@]2(NC(=O)[C@@H]3C[C@@H](Oc4cc(-c5ccccc5)nc5cc(OC)ccc45)CN3C(=O)[C@@H](NC(=O)OC(C)(C)C)C(C)(C)C)CC2C=C)CC1. The molecule has 6 rings (SSSR count). The van der Waals surface area contributed by atoms with Crippen molar-refractivity contribution in [3.63, 3.8) is 0 Å². The van der Waals surface area contributed by atoms with Crippen LogP contribution in [0.5, 0.6) is 11.5 Å². The fraction of sp³-hybridized carbons (Fsp3) is 0.477. The van der Waals surface area contributed by atoms with Gasteiger partial charge in [-0.15, -0.1) is 13.2 Å². The van der Waals surface area contributed by atoms with Crippen molar-refractivity contribution in [3.8, 4) is 22.8 Å². The molecule has 316 valence electrons. The fourth-order valence-electron chi connectivity index (χ4n) is 7.60. The second kappa shape index (κ2) is 16.0. The first kappa shape index (κ1) is 43.1. The van der Waals surface area contributed by atoms with Crippen LogP contribution in [-0.4, -0.2) is 89.8 Å². The van der Waals surface area contributed by atoms with Crippen LogP contribution in [0.25, 0.3) is 22.2 Å². The van der Waals surface area contributed by atoms with Crippen molar-refractivity contribution >= 4 is 44.7 Å². The Labute approximate surface area is 346 Å². The number of rotatable bonds is 14. The summed E-state index contributed by atoms with van der Waals surface area (Å²) >= 11 is 0. The van der Waals surface area contributed by atoms with E-state index in [0.29, 0.717) is 40.9 Å². The minimum Gasteiger partial charge on any atom is -0.497 e. The van der Waals surface area contributed by atoms with Gasteiger partial charge in [0.1, 0.15) is 40.8 Å². The van der Waals surface area contributed by atoms with E-state index < -0.39 is 79.2 Å². The lowest BCUT2D eigenvalue weighted by atomic mass is 9.85. The van der Waals surface area contributed by atoms with Gasteiger partial charge in [0.2, 0.25) is 21.8 Å². The van der Waals surface area contributed by atoms with Crippen molar-refractivity contribution < 1.29 is 41.8 Å². The van der Waals surface area contributed by atoms with Gasteiger partial charge >= 0.3 is 6.09 Å². The Morgan fingerprint density at radius 1 is 1.02 bits per heavy atom. The van der Waals surface area contributed by atoms with Gasteiger partial charge in [-0.1, -0.05) is 63.3 Å². The minimum atomic E-state index is -4.11. The highest BCUT2D eigenvalue weighted by molar-refractivity contribution is 7.91. The summed E-state index contributed by atoms with van der Waals surface area (Å²) in [6.07, 6.45) is 2.51. The molecule has 1 saturated heterocycles. The van der Waals surface area contributed by atoms with Gasteiger partial charge in [0.15, 0.2) is 0 Å². The highest BCUT2D eigenvalue weighted by atomic mass is 32.2. The Hall–Kier alpha value is -5.44. The first-order valence-electron chi connectivity index (χ1n) is 19.8. The highest BCUT2D eigenvalue weighted by Crippen LogP contribution is 2.49. The monoisotopic (exact) mass is 829 g/mol. The summed E-state index contributed by atoms with van der Waals surface area (Å²) in [7, 11) is -2.55. The van der Waals surface area contributed by atoms with Crippen LogP contribution in [0.4, 0.5) is 4.79 Å². The molecular weight excluding hydrogens is 775 g/mol. The number of benzene rings is 2. The van der Waals surface area contributed by atoms with E-state index in [0.717, 1.165) is 5.56 Å². The number of ether oxygens (including phenoxy) is 3. The van der Waals surface area contributed by atoms with E-state index in [-0.39, 0.29) is 25.8 Å². The van der Waals surface area contributed by atoms with Crippen LogP contribution in [0.3, 0.4) is 0 Å². The summed E-state index contributed by atoms with van der Waals surface area (Å²) < 4.78 is 45.7. The Kier molecular flexibility index (Phi) is 11.7. The smallest absolute Gasteiger partial charge is 0.408 e. The molecule has 1 aromatic heterocycles. The van der Waals surface area contributed by atoms with E-state index in [1.807, 2.05) is 42.5 Å². The number of allylic oxidation sites excluding steroid dienone is 1. The summed E-state index contributed by atoms with van der Waals surface area (Å²) in [5, 5.41) is 6.24. The topological polar surface area (TPSA) is 182 Å². The maximum Gasteiger partial charge on any atom is 0.408 e. The lowest BCUT2D eigenvalue weighted by Crippen LogP contribution is -2.60. The molecule has 2 heterocycles. The van der Waals surface area contributed by atoms with Crippen LogP contribution in [0.1, 0.15) is 73.6 Å². The lowest BCUT2D eigenvalue weighted by molar-refractivity contribution is -0.143. The van der Waals surface area contributed by atoms with Crippen LogP contribution in [-0.2, 0) is 29.1 Å². The molecule has 0 bridgehead atoms. The predicted octanol–water partition coefficient (Wildman–Crippen LogP) is 5.81. The van der Waals surface area contributed by atoms with Crippen LogP contribution in [0, 0.1) is 11.3 Å². The molecule has 59 heavy (non-hydrogen) atoms. The second-order valence-corrected chi connectivity index (χ2v) is 19.9. The zero-order valence-electron chi connectivity index (χ0n) is 34.8. The Morgan fingerprint density at radius 2 is 1.71 bits per heavy atom. The molecule has 3 N–H and O–H groups in total. The first-order chi connectivity index (χ1) is 27.7. The number of carbonyl (C=O) groups is 4. The van der Waals surface area contributed by atoms with Gasteiger partial charge in [0.25, 0.3) is 5.91 Å². The van der Waals surface area contributed by atoms with Gasteiger partial charge in [0.05, 0.1) is 29.6 Å². The molecule has 5 atom stereocenters. The van der Waals surface area contributed by atoms with Gasteiger partial charge < -0.3 is 29.7 Å². The molecule has 0 spiro atoms. The van der Waals surface area contributed by atoms with Crippen molar-refractivity contribution in [2.75, 3.05) is 13.7 Å². The maximum absolute atomic E-state index is 14.7. The van der Waals surface area contributed by atoms with E-state index in [1.54, 1.807) is 60.8 Å². The number of sulfonamides is 1. The van der Waals surface area contributed by atoms with E-state index >= 15 is 0 Å². The second-order valence-electron chi connectivity index (χ2n) is 17.8. The zero-order chi connectivity index (χ0) is 43.1. The summed E-state index contributed by atoms with van der Waals surface area (Å²) in [6.45, 7) is 17.9. The first-order valence-corrected chi connectivity index (χ1v) is 21.3. The normalized spacial score (nSPS) is 22.7. The summed E-state index contributed by atoms with van der Waals surface area (Å²) in [6, 6.07) is 14.4. The number of hydrogen-bond donors (Lipinski definition) is 3. The number of alkyl carbamates (subject to hydrolysis) is 1. The van der Waals surface area contributed by atoms with Crippen molar-refractivity contribution in [1.82, 2.24) is 25.2 Å². The summed E-state index contributed by atoms with van der Waals surface area (Å²) in [4.78, 5) is 62.6. The number of pyridine rings is 1. The Balaban J connectivity index is 1.34. The molecular formula is C44H55N5O9S. The molecule has 2 aromatic carbocycles. The van der Waals surface area contributed by atoms with Crippen molar-refractivity contribution in [1.29, 1.82) is 0 Å². The molecule has 2 saturated carbocycles. The summed E-state index contributed by atoms with van der Waals surface area (Å²) in [5.41, 5.74) is -1.24. The number of amides is 4. The molecule has 0 radical (unpaired) electrons. The average Bonchev–Trinajstić information content (AvgIpc) is 4.07. The standard InChI is InChI=1S/C44H55N5O9S/c1-10-19-43(20-21-43)59(54,55)48-39(52)44(25-28(44)11-2)47-37(50)34-23-30(26-49(34)38(51)36(41(3,4)5)46-40(53)58-42(6,7)8)57-35-24-32(27-15-13-12-14-16-27)45-33-22-29(56-9)17-18-31(33)35/h10-18,22,24,28,30,34,36H,1-2,19-21,23,25-26H2,3-9H3,(H,46,53)(H,47,50)(H,48,52)/t28?,30-,34+,36-,44-/m1/s1. The number of likely N-dealkylation sites (tertiary alicyclic amines) is 1. The fourth-order valence-corrected chi connectivity index (χ4v) is 9.22. The largest absolute Gasteiger partial charge is 0.497 e. The number of methoxy groups -OCH3 is 1. The molecule has 3 fully saturated rings. The van der Waals surface area contributed by atoms with Gasteiger partial charge in [-0.2, -0.15) is 0 Å². The van der Waals surface area contributed by atoms with E-state index in [4.69, 9.17) is 19.2 Å². The number of fused-ring (bicyclic) bond motifs is 1. The minimum absolute atomic E-state index is 0.00128. The van der Waals surface area contributed by atoms with Crippen LogP contribution >= 0.6 is 0 Å². The predicted molar refractivity (Wildman–Crippen MR) is 224 cm³/mol.